The zero-order chi connectivity index (χ0) is 17.5. The van der Waals surface area contributed by atoms with Crippen LogP contribution < -0.4 is 15.4 Å². The molecule has 5 heteroatoms. The maximum Gasteiger partial charge on any atom is 0.407 e. The molecule has 0 spiro atoms. The molecular weight excluding hydrogens is 292 g/mol. The molecular formula is C18H30N2O3. The van der Waals surface area contributed by atoms with Gasteiger partial charge in [0.1, 0.15) is 18.0 Å². The van der Waals surface area contributed by atoms with Gasteiger partial charge in [-0.2, -0.15) is 0 Å². The number of carbonyl (C=O) groups is 1. The summed E-state index contributed by atoms with van der Waals surface area (Å²) in [5.41, 5.74) is 0.737. The lowest BCUT2D eigenvalue weighted by atomic mass is 10.2. The Labute approximate surface area is 139 Å². The Balaban J connectivity index is 2.24. The van der Waals surface area contributed by atoms with Gasteiger partial charge in [-0.1, -0.05) is 17.7 Å². The molecule has 1 amide bonds. The van der Waals surface area contributed by atoms with Crippen LogP contribution in [-0.2, 0) is 4.74 Å². The zero-order valence-corrected chi connectivity index (χ0v) is 15.1. The van der Waals surface area contributed by atoms with Gasteiger partial charge < -0.3 is 20.1 Å². The molecule has 0 aromatic heterocycles. The topological polar surface area (TPSA) is 59.6 Å². The number of hydrogen-bond donors (Lipinski definition) is 2. The minimum absolute atomic E-state index is 0.124. The Hall–Kier alpha value is -1.75. The Morgan fingerprint density at radius 1 is 1.13 bits per heavy atom. The highest BCUT2D eigenvalue weighted by Gasteiger charge is 2.16. The van der Waals surface area contributed by atoms with Crippen LogP contribution in [0.2, 0.25) is 0 Å². The van der Waals surface area contributed by atoms with Gasteiger partial charge in [0.05, 0.1) is 0 Å². The standard InChI is InChI=1S/C18H30N2O3/c1-13-7-9-16(10-8-13)22-12-15(3)20-14(2)11-19-17(21)23-18(4,5)6/h7-10,14-15,20H,11-12H2,1-6H3,(H,19,21). The van der Waals surface area contributed by atoms with Crippen molar-refractivity contribution in [1.82, 2.24) is 10.6 Å². The molecule has 0 bridgehead atoms. The summed E-state index contributed by atoms with van der Waals surface area (Å²) in [6.07, 6.45) is -0.394. The highest BCUT2D eigenvalue weighted by molar-refractivity contribution is 5.67. The first-order chi connectivity index (χ1) is 10.7. The number of amides is 1. The van der Waals surface area contributed by atoms with Gasteiger partial charge in [0, 0.05) is 18.6 Å². The summed E-state index contributed by atoms with van der Waals surface area (Å²) < 4.78 is 10.9. The molecule has 5 nitrogen and oxygen atoms in total. The molecule has 0 saturated carbocycles. The van der Waals surface area contributed by atoms with Crippen LogP contribution in [0, 0.1) is 6.92 Å². The Bertz CT molecular complexity index is 480. The van der Waals surface area contributed by atoms with Gasteiger partial charge in [0.15, 0.2) is 0 Å². The molecule has 0 radical (unpaired) electrons. The third kappa shape index (κ3) is 9.08. The normalized spacial score (nSPS) is 14.0. The van der Waals surface area contributed by atoms with Crippen molar-refractivity contribution >= 4 is 6.09 Å². The molecule has 0 saturated heterocycles. The molecule has 0 aliphatic heterocycles. The van der Waals surface area contributed by atoms with Crippen molar-refractivity contribution in [2.45, 2.75) is 59.2 Å². The highest BCUT2D eigenvalue weighted by atomic mass is 16.6. The molecule has 130 valence electrons. The van der Waals surface area contributed by atoms with E-state index in [-0.39, 0.29) is 12.1 Å². The highest BCUT2D eigenvalue weighted by Crippen LogP contribution is 2.11. The first kappa shape index (κ1) is 19.3. The SMILES string of the molecule is Cc1ccc(OCC(C)NC(C)CNC(=O)OC(C)(C)C)cc1. The van der Waals surface area contributed by atoms with Gasteiger partial charge in [-0.15, -0.1) is 0 Å². The smallest absolute Gasteiger partial charge is 0.407 e. The molecule has 0 aliphatic carbocycles. The average molecular weight is 322 g/mol. The van der Waals surface area contributed by atoms with Crippen LogP contribution in [0.3, 0.4) is 0 Å². The van der Waals surface area contributed by atoms with E-state index in [2.05, 4.69) is 17.6 Å². The largest absolute Gasteiger partial charge is 0.492 e. The predicted molar refractivity (Wildman–Crippen MR) is 93.0 cm³/mol. The van der Waals surface area contributed by atoms with E-state index in [0.717, 1.165) is 5.75 Å². The second-order valence-electron chi connectivity index (χ2n) is 6.98. The Kier molecular flexibility index (Phi) is 7.36. The molecule has 0 aliphatic rings. The lowest BCUT2D eigenvalue weighted by Crippen LogP contribution is -2.45. The maximum absolute atomic E-state index is 11.6. The van der Waals surface area contributed by atoms with Crippen molar-refractivity contribution in [3.8, 4) is 5.75 Å². The third-order valence-corrected chi connectivity index (χ3v) is 3.04. The van der Waals surface area contributed by atoms with Crippen LogP contribution in [-0.4, -0.2) is 36.9 Å². The van der Waals surface area contributed by atoms with Crippen molar-refractivity contribution in [1.29, 1.82) is 0 Å². The van der Waals surface area contributed by atoms with E-state index < -0.39 is 11.7 Å². The first-order valence-corrected chi connectivity index (χ1v) is 8.08. The number of carbonyl (C=O) groups excluding carboxylic acids is 1. The van der Waals surface area contributed by atoms with E-state index >= 15 is 0 Å². The lowest BCUT2D eigenvalue weighted by Gasteiger charge is -2.23. The van der Waals surface area contributed by atoms with Crippen LogP contribution in [0.5, 0.6) is 5.75 Å². The molecule has 1 aromatic rings. The minimum atomic E-state index is -0.476. The van der Waals surface area contributed by atoms with Crippen LogP contribution >= 0.6 is 0 Å². The summed E-state index contributed by atoms with van der Waals surface area (Å²) in [6.45, 7) is 12.7. The number of ether oxygens (including phenoxy) is 2. The van der Waals surface area contributed by atoms with Crippen LogP contribution in [0.15, 0.2) is 24.3 Å². The summed E-state index contributed by atoms with van der Waals surface area (Å²) in [4.78, 5) is 11.6. The van der Waals surface area contributed by atoms with E-state index in [0.29, 0.717) is 13.2 Å². The summed E-state index contributed by atoms with van der Waals surface area (Å²) in [5, 5.41) is 6.14. The number of rotatable bonds is 7. The Morgan fingerprint density at radius 3 is 2.30 bits per heavy atom. The fourth-order valence-corrected chi connectivity index (χ4v) is 2.00. The zero-order valence-electron chi connectivity index (χ0n) is 15.1. The van der Waals surface area contributed by atoms with Gasteiger partial charge in [0.25, 0.3) is 0 Å². The van der Waals surface area contributed by atoms with E-state index in [1.54, 1.807) is 0 Å². The van der Waals surface area contributed by atoms with Gasteiger partial charge in [-0.05, 0) is 53.7 Å². The van der Waals surface area contributed by atoms with E-state index in [1.165, 1.54) is 5.56 Å². The predicted octanol–water partition coefficient (Wildman–Crippen LogP) is 3.27. The third-order valence-electron chi connectivity index (χ3n) is 3.04. The van der Waals surface area contributed by atoms with Crippen molar-refractivity contribution in [2.24, 2.45) is 0 Å². The second-order valence-corrected chi connectivity index (χ2v) is 6.98. The number of alkyl carbamates (subject to hydrolysis) is 1. The molecule has 0 heterocycles. The quantitative estimate of drug-likeness (QED) is 0.809. The molecule has 0 fully saturated rings. The average Bonchev–Trinajstić information content (AvgIpc) is 2.43. The van der Waals surface area contributed by atoms with Gasteiger partial charge in [-0.3, -0.25) is 0 Å². The van der Waals surface area contributed by atoms with Crippen molar-refractivity contribution in [2.75, 3.05) is 13.2 Å². The fourth-order valence-electron chi connectivity index (χ4n) is 2.00. The van der Waals surface area contributed by atoms with Crippen LogP contribution in [0.25, 0.3) is 0 Å². The first-order valence-electron chi connectivity index (χ1n) is 8.08. The fraction of sp³-hybridized carbons (Fsp3) is 0.611. The maximum atomic E-state index is 11.6. The van der Waals surface area contributed by atoms with E-state index in [9.17, 15) is 4.79 Å². The summed E-state index contributed by atoms with van der Waals surface area (Å²) in [6, 6.07) is 8.29. The van der Waals surface area contributed by atoms with Crippen molar-refractivity contribution in [3.63, 3.8) is 0 Å². The monoisotopic (exact) mass is 322 g/mol. The second kappa shape index (κ2) is 8.77. The molecule has 2 unspecified atom stereocenters. The molecule has 2 N–H and O–H groups in total. The molecule has 1 rings (SSSR count). The number of hydrogen-bond acceptors (Lipinski definition) is 4. The summed E-state index contributed by atoms with van der Waals surface area (Å²) >= 11 is 0. The number of aryl methyl sites for hydroxylation is 1. The van der Waals surface area contributed by atoms with Crippen LogP contribution in [0.4, 0.5) is 4.79 Å². The number of nitrogens with one attached hydrogen (secondary N) is 2. The lowest BCUT2D eigenvalue weighted by molar-refractivity contribution is 0.0522. The Morgan fingerprint density at radius 2 is 1.74 bits per heavy atom. The number of benzene rings is 1. The van der Waals surface area contributed by atoms with Gasteiger partial charge in [-0.25, -0.2) is 4.79 Å². The van der Waals surface area contributed by atoms with E-state index in [4.69, 9.17) is 9.47 Å². The summed E-state index contributed by atoms with van der Waals surface area (Å²) in [5.74, 6) is 0.865. The van der Waals surface area contributed by atoms with E-state index in [1.807, 2.05) is 58.9 Å². The van der Waals surface area contributed by atoms with Crippen molar-refractivity contribution < 1.29 is 14.3 Å². The van der Waals surface area contributed by atoms with Gasteiger partial charge >= 0.3 is 6.09 Å². The minimum Gasteiger partial charge on any atom is -0.492 e. The summed E-state index contributed by atoms with van der Waals surface area (Å²) in [7, 11) is 0. The van der Waals surface area contributed by atoms with Gasteiger partial charge in [0.2, 0.25) is 0 Å². The molecule has 1 aromatic carbocycles. The van der Waals surface area contributed by atoms with Crippen LogP contribution in [0.1, 0.15) is 40.2 Å². The molecule has 23 heavy (non-hydrogen) atoms. The molecule has 2 atom stereocenters. The van der Waals surface area contributed by atoms with Crippen molar-refractivity contribution in [3.05, 3.63) is 29.8 Å².